The zero-order valence-electron chi connectivity index (χ0n) is 71.4. The molecule has 2 spiro atoms. The number of para-hydroxylation sites is 2. The van der Waals surface area contributed by atoms with Crippen LogP contribution in [0, 0.1) is 0 Å². The Kier molecular flexibility index (Phi) is 43.7. The number of anilines is 2. The summed E-state index contributed by atoms with van der Waals surface area (Å²) >= 11 is 3.15. The quantitative estimate of drug-likeness (QED) is 0.0227. The number of piperidine rings is 2. The molecule has 8 heterocycles. The molecule has 0 unspecified atom stereocenters. The number of alkyl halides is 1. The maximum atomic E-state index is 13.8. The standard InChI is InChI=1S/C31H40N4O5S.C29H36N4O5S.C10H18O5.C7H11NO2.C6H9NO2.C2H5Br.2CH4.K.H/c1-3-33-17-9-12-25(20-33)29(36)32-27(22-40-21-24-10-5-4-6-11-24)30(37)34-18-15-31(16-19-34)23-35(41(2,38)39)28-14-8-7-13-26(28)31;1-39(36,37)33-21-29(24-11-5-6-12-26(24)33)13-16-32(17-14-29)28(35)25(20-38-19-22-8-3-2-4-9-22)31-27(34)23-10-7-15-30-18-23;1-9(2,3)14-7(11)13-8(12)15-10(4,5)6;1-8-4-2-3-6(5-8)7(9)10;8-6(9)5-2-1-3-7-4-5;1-2-3;;;;/h4-8,10-14,27H,3,9,15-23H2,1-2H3,(H,32,36);2-6,8-12,25,30H,7,13-21H2,1H3,(H,31,34);1-6H3;3H,2,4-5H2,1H3,(H,9,10);2,7H,1,3-4H2,(H,8,9);2H2,1H3;2*1H4;;/q;;;;;;;;+1;-1/t27-;25-;;;;;;;;/m11......../s1. The van der Waals surface area contributed by atoms with Gasteiger partial charge < -0.3 is 71.3 Å². The Morgan fingerprint density at radius 2 is 0.892 bits per heavy atom. The van der Waals surface area contributed by atoms with E-state index in [0.29, 0.717) is 127 Å². The molecule has 33 heteroatoms. The van der Waals surface area contributed by atoms with E-state index in [-0.39, 0.29) is 115 Å². The summed E-state index contributed by atoms with van der Waals surface area (Å²) in [4.78, 5) is 104. The minimum absolute atomic E-state index is 0. The van der Waals surface area contributed by atoms with E-state index in [4.69, 9.17) is 29.2 Å². The van der Waals surface area contributed by atoms with Gasteiger partial charge in [-0.3, -0.25) is 32.7 Å². The van der Waals surface area contributed by atoms with Crippen molar-refractivity contribution in [2.75, 3.05) is 145 Å². The molecule has 8 aliphatic rings. The second kappa shape index (κ2) is 49.9. The third kappa shape index (κ3) is 33.1. The van der Waals surface area contributed by atoms with Crippen molar-refractivity contribution >= 4 is 95.2 Å². The molecule has 0 saturated carbocycles. The van der Waals surface area contributed by atoms with Gasteiger partial charge in [0.2, 0.25) is 43.7 Å². The molecule has 2 fully saturated rings. The van der Waals surface area contributed by atoms with Crippen molar-refractivity contribution in [3.05, 3.63) is 178 Å². The fourth-order valence-electron chi connectivity index (χ4n) is 14.5. The number of carboxylic acid groups (broad SMARTS) is 2. The molecule has 4 aromatic rings. The molecule has 4 aromatic carbocycles. The second-order valence-electron chi connectivity index (χ2n) is 31.8. The first kappa shape index (κ1) is 105. The van der Waals surface area contributed by atoms with Gasteiger partial charge in [-0.1, -0.05) is 166 Å². The molecule has 4 amide bonds. The number of likely N-dealkylation sites (N-methyl/N-ethyl adjacent to an activating group) is 2. The van der Waals surface area contributed by atoms with Crippen LogP contribution in [0.4, 0.5) is 21.0 Å². The Bertz CT molecular complexity index is 4370. The van der Waals surface area contributed by atoms with Crippen LogP contribution in [0.25, 0.3) is 0 Å². The van der Waals surface area contributed by atoms with E-state index >= 15 is 0 Å². The fourth-order valence-corrected chi connectivity index (χ4v) is 16.5. The summed E-state index contributed by atoms with van der Waals surface area (Å²) in [6.45, 7) is 24.2. The van der Waals surface area contributed by atoms with E-state index in [1.54, 1.807) is 63.5 Å². The number of likely N-dealkylation sites (tertiary alicyclic amines) is 2. The van der Waals surface area contributed by atoms with E-state index in [1.807, 2.05) is 140 Å². The van der Waals surface area contributed by atoms with Gasteiger partial charge in [0, 0.05) is 117 Å². The Morgan fingerprint density at radius 3 is 1.24 bits per heavy atom. The van der Waals surface area contributed by atoms with Crippen molar-refractivity contribution in [2.45, 2.75) is 169 Å². The number of carbonyl (C=O) groups is 8. The number of carboxylic acids is 2. The third-order valence-corrected chi connectivity index (χ3v) is 22.6. The van der Waals surface area contributed by atoms with Crippen molar-refractivity contribution in [3.63, 3.8) is 0 Å². The molecule has 8 aliphatic heterocycles. The number of carbonyl (C=O) groups excluding carboxylic acids is 6. The van der Waals surface area contributed by atoms with Gasteiger partial charge >= 0.3 is 75.6 Å². The normalized spacial score (nSPS) is 17.7. The number of nitrogens with zero attached hydrogens (tertiary/aromatic N) is 6. The minimum Gasteiger partial charge on any atom is -1.00 e. The van der Waals surface area contributed by atoms with Crippen LogP contribution in [0.15, 0.2) is 156 Å². The molecule has 120 heavy (non-hydrogen) atoms. The molecular weight excluding hydrogens is 1670 g/mol. The van der Waals surface area contributed by atoms with Crippen LogP contribution in [-0.4, -0.2) is 254 Å². The summed E-state index contributed by atoms with van der Waals surface area (Å²) < 4.78 is 78.8. The van der Waals surface area contributed by atoms with E-state index in [9.17, 15) is 55.2 Å². The van der Waals surface area contributed by atoms with Gasteiger partial charge in [0.25, 0.3) is 0 Å². The van der Waals surface area contributed by atoms with Crippen LogP contribution < -0.4 is 81.3 Å². The summed E-state index contributed by atoms with van der Waals surface area (Å²) in [5, 5.41) is 30.1. The molecule has 0 bridgehead atoms. The van der Waals surface area contributed by atoms with Crippen molar-refractivity contribution in [2.24, 2.45) is 0 Å². The van der Waals surface area contributed by atoms with Crippen LogP contribution >= 0.6 is 15.9 Å². The number of fused-ring (bicyclic) bond motifs is 4. The number of sulfonamides is 2. The SMILES string of the molecule is C.C.CC(C)(C)OC(=O)OC(=O)OC(C)(C)C.CCBr.CCN1CCC=C(C(=O)N[C@H](COCc2ccccc2)C(=O)N2CCC3(CC2)CN(S(C)(=O)=O)c2ccccc23)C1.CN1CCC=C(C(=O)O)C1.CS(=O)(=O)N1CC2(CCN(C(=O)[C@@H](COCc3ccccc3)NC(=O)C3=CCCNC3)CC2)c2ccccc21.O=C(O)C1=CCCNC1.[H-].[K+]. The summed E-state index contributed by atoms with van der Waals surface area (Å²) in [5.74, 6) is -2.43. The minimum atomic E-state index is -3.42. The summed E-state index contributed by atoms with van der Waals surface area (Å²) in [6.07, 6.45) is 13.6. The van der Waals surface area contributed by atoms with E-state index in [0.717, 1.165) is 97.4 Å². The van der Waals surface area contributed by atoms with Gasteiger partial charge in [-0.2, -0.15) is 0 Å². The van der Waals surface area contributed by atoms with Gasteiger partial charge in [0.1, 0.15) is 23.3 Å². The maximum Gasteiger partial charge on any atom is 1.00 e. The summed E-state index contributed by atoms with van der Waals surface area (Å²) in [6, 6.07) is 33.1. The maximum absolute atomic E-state index is 13.8. The molecule has 6 N–H and O–H groups in total. The van der Waals surface area contributed by atoms with Crippen LogP contribution in [0.1, 0.15) is 145 Å². The predicted octanol–water partition coefficient (Wildman–Crippen LogP) is 7.61. The Morgan fingerprint density at radius 1 is 0.525 bits per heavy atom. The Balaban J connectivity index is 0.000000432. The molecule has 0 aliphatic carbocycles. The number of halogens is 1. The van der Waals surface area contributed by atoms with Crippen LogP contribution in [0.5, 0.6) is 0 Å². The Labute approximate surface area is 763 Å². The number of rotatable bonds is 19. The average molecular weight is 1800 g/mol. The van der Waals surface area contributed by atoms with Crippen molar-refractivity contribution in [3.8, 4) is 0 Å². The number of ether oxygens (including phenoxy) is 5. The smallest absolute Gasteiger partial charge is 1.00 e. The summed E-state index contributed by atoms with van der Waals surface area (Å²) in [7, 11) is -4.91. The molecule has 0 aromatic heterocycles. The van der Waals surface area contributed by atoms with Crippen LogP contribution in [-0.2, 0) is 96.5 Å². The molecule has 0 radical (unpaired) electrons. The van der Waals surface area contributed by atoms with E-state index < -0.39 is 67.6 Å². The first-order valence-electron chi connectivity index (χ1n) is 39.7. The number of aliphatic carboxylic acids is 2. The van der Waals surface area contributed by atoms with Gasteiger partial charge in [0.15, 0.2) is 0 Å². The average Bonchev–Trinajstić information content (AvgIpc) is 1.69. The zero-order valence-corrected chi connectivity index (χ0v) is 76.7. The van der Waals surface area contributed by atoms with Crippen LogP contribution in [0.2, 0.25) is 0 Å². The Hall–Kier alpha value is -7.22. The number of hydrogen-bond donors (Lipinski definition) is 6. The molecule has 2 atom stereocenters. The predicted molar refractivity (Wildman–Crippen MR) is 467 cm³/mol. The topological polar surface area (TPSA) is 359 Å². The fraction of sp³-hybridized carbons (Fsp3) is 0.540. The third-order valence-electron chi connectivity index (χ3n) is 20.4. The zero-order chi connectivity index (χ0) is 85.7. The molecule has 2 saturated heterocycles. The van der Waals surface area contributed by atoms with Gasteiger partial charge in [-0.15, -0.1) is 0 Å². The van der Waals surface area contributed by atoms with Crippen molar-refractivity contribution in [1.82, 2.24) is 40.9 Å². The van der Waals surface area contributed by atoms with E-state index in [2.05, 4.69) is 53.8 Å². The molecule has 29 nitrogen and oxygen atoms in total. The largest absolute Gasteiger partial charge is 1.00 e. The van der Waals surface area contributed by atoms with Crippen molar-refractivity contribution < 1.29 is 142 Å². The molecule has 12 rings (SSSR count). The number of benzene rings is 4. The number of hydrogen-bond acceptors (Lipinski definition) is 21. The first-order chi connectivity index (χ1) is 55.4. The second-order valence-corrected chi connectivity index (χ2v) is 36.7. The van der Waals surface area contributed by atoms with Gasteiger partial charge in [0.05, 0.1) is 50.3 Å². The number of nitrogens with one attached hydrogen (secondary N) is 4. The van der Waals surface area contributed by atoms with Gasteiger partial charge in [-0.25, -0.2) is 36.0 Å². The van der Waals surface area contributed by atoms with Gasteiger partial charge in [-0.05, 0) is 154 Å². The molecule has 660 valence electrons. The van der Waals surface area contributed by atoms with Crippen LogP contribution in [0.3, 0.4) is 0 Å². The summed E-state index contributed by atoms with van der Waals surface area (Å²) in [5.41, 5.74) is 5.75. The first-order valence-corrected chi connectivity index (χ1v) is 44.5. The monoisotopic (exact) mass is 1800 g/mol. The molecular formula is C87H128BrKN10O19S2. The van der Waals surface area contributed by atoms with Crippen molar-refractivity contribution in [1.29, 1.82) is 0 Å². The van der Waals surface area contributed by atoms with E-state index in [1.165, 1.54) is 21.1 Å². The number of amides is 4.